The second-order valence-corrected chi connectivity index (χ2v) is 5.48. The quantitative estimate of drug-likeness (QED) is 0.532. The maximum atomic E-state index is 11.4. The van der Waals surface area contributed by atoms with Gasteiger partial charge >= 0.3 is 5.82 Å². The fraction of sp³-hybridized carbons (Fsp3) is 0.333. The first-order chi connectivity index (χ1) is 10.1. The average molecular weight is 306 g/mol. The van der Waals surface area contributed by atoms with E-state index in [1.165, 1.54) is 15.7 Å². The molecule has 0 saturated heterocycles. The van der Waals surface area contributed by atoms with E-state index in [1.807, 2.05) is 25.1 Å². The Bertz CT molecular complexity index is 789. The van der Waals surface area contributed by atoms with Gasteiger partial charge in [0.15, 0.2) is 0 Å². The average Bonchev–Trinajstić information content (AvgIpc) is 3.10. The summed E-state index contributed by atoms with van der Waals surface area (Å²) in [6, 6.07) is 0. The van der Waals surface area contributed by atoms with Crippen LogP contribution >= 0.6 is 11.3 Å². The van der Waals surface area contributed by atoms with Gasteiger partial charge in [0.05, 0.1) is 6.20 Å². The van der Waals surface area contributed by atoms with E-state index in [-0.39, 0.29) is 10.7 Å². The number of hydrogen-bond acceptors (Lipinski definition) is 6. The van der Waals surface area contributed by atoms with E-state index in [0.29, 0.717) is 23.9 Å². The summed E-state index contributed by atoms with van der Waals surface area (Å²) in [7, 11) is 1.84. The summed E-state index contributed by atoms with van der Waals surface area (Å²) in [5.41, 5.74) is 0.991. The Balaban J connectivity index is 2.01. The third kappa shape index (κ3) is 2.35. The van der Waals surface area contributed by atoms with Gasteiger partial charge in [0.1, 0.15) is 6.20 Å². The molecule has 0 N–H and O–H groups in total. The summed E-state index contributed by atoms with van der Waals surface area (Å²) in [5, 5.41) is 17.3. The minimum absolute atomic E-state index is 0.0111. The zero-order valence-electron chi connectivity index (χ0n) is 11.6. The molecular formula is C12H14N6O2S. The maximum absolute atomic E-state index is 11.4. The van der Waals surface area contributed by atoms with E-state index < -0.39 is 0 Å². The van der Waals surface area contributed by atoms with Gasteiger partial charge < -0.3 is 15.0 Å². The molecule has 21 heavy (non-hydrogen) atoms. The normalized spacial score (nSPS) is 11.1. The minimum Gasteiger partial charge on any atom is -0.358 e. The van der Waals surface area contributed by atoms with Crippen LogP contribution in [-0.4, -0.2) is 30.6 Å². The lowest BCUT2D eigenvalue weighted by molar-refractivity contribution is -0.389. The van der Waals surface area contributed by atoms with Crippen molar-refractivity contribution in [1.29, 1.82) is 0 Å². The highest BCUT2D eigenvalue weighted by Gasteiger charge is 2.27. The summed E-state index contributed by atoms with van der Waals surface area (Å²) in [6.45, 7) is 3.12. The first-order valence-corrected chi connectivity index (χ1v) is 7.30. The lowest BCUT2D eigenvalue weighted by atomic mass is 10.3. The Morgan fingerprint density at radius 2 is 2.33 bits per heavy atom. The van der Waals surface area contributed by atoms with Crippen LogP contribution in [0.5, 0.6) is 0 Å². The number of rotatable bonds is 5. The van der Waals surface area contributed by atoms with Gasteiger partial charge in [-0.2, -0.15) is 14.5 Å². The van der Waals surface area contributed by atoms with Crippen molar-refractivity contribution >= 4 is 27.9 Å². The molecule has 0 saturated carbocycles. The number of hydrogen-bond donors (Lipinski definition) is 0. The van der Waals surface area contributed by atoms with Crippen LogP contribution in [0.15, 0.2) is 24.0 Å². The van der Waals surface area contributed by atoms with Gasteiger partial charge in [-0.1, -0.05) is 11.3 Å². The Hall–Kier alpha value is -2.42. The zero-order valence-corrected chi connectivity index (χ0v) is 12.4. The topological polar surface area (TPSA) is 81.5 Å². The highest BCUT2D eigenvalue weighted by molar-refractivity contribution is 7.15. The lowest BCUT2D eigenvalue weighted by Gasteiger charge is -2.18. The summed E-state index contributed by atoms with van der Waals surface area (Å²) >= 11 is 1.38. The van der Waals surface area contributed by atoms with Crippen molar-refractivity contribution in [3.63, 3.8) is 0 Å². The highest BCUT2D eigenvalue weighted by atomic mass is 32.1. The van der Waals surface area contributed by atoms with Crippen LogP contribution in [0, 0.1) is 10.1 Å². The zero-order chi connectivity index (χ0) is 15.0. The van der Waals surface area contributed by atoms with Gasteiger partial charge in [0.25, 0.3) is 4.96 Å². The molecule has 0 radical (unpaired) electrons. The molecule has 0 spiro atoms. The molecule has 0 unspecified atom stereocenters. The Labute approximate surface area is 124 Å². The molecule has 110 valence electrons. The molecule has 3 heterocycles. The van der Waals surface area contributed by atoms with Crippen molar-refractivity contribution in [2.75, 3.05) is 11.4 Å². The number of aryl methyl sites for hydroxylation is 1. The molecule has 0 aliphatic rings. The number of thiazole rings is 1. The van der Waals surface area contributed by atoms with Crippen LogP contribution in [-0.2, 0) is 13.6 Å². The number of nitrogens with zero attached hydrogens (tertiary/aromatic N) is 6. The van der Waals surface area contributed by atoms with Crippen LogP contribution in [0.3, 0.4) is 0 Å². The second-order valence-electron chi connectivity index (χ2n) is 4.61. The molecule has 0 fully saturated rings. The van der Waals surface area contributed by atoms with Crippen molar-refractivity contribution in [2.45, 2.75) is 13.5 Å². The predicted molar refractivity (Wildman–Crippen MR) is 79.7 cm³/mol. The largest absolute Gasteiger partial charge is 0.373 e. The number of fused-ring (bicyclic) bond motifs is 1. The minimum atomic E-state index is -0.381. The highest BCUT2D eigenvalue weighted by Crippen LogP contribution is 2.31. The summed E-state index contributed by atoms with van der Waals surface area (Å²) < 4.78 is 3.23. The van der Waals surface area contributed by atoms with E-state index in [1.54, 1.807) is 22.5 Å². The van der Waals surface area contributed by atoms with Gasteiger partial charge in [-0.25, -0.2) is 0 Å². The van der Waals surface area contributed by atoms with Crippen molar-refractivity contribution < 1.29 is 4.92 Å². The van der Waals surface area contributed by atoms with Crippen molar-refractivity contribution in [3.8, 4) is 0 Å². The molecule has 0 aliphatic carbocycles. The van der Waals surface area contributed by atoms with Gasteiger partial charge in [0, 0.05) is 37.3 Å². The van der Waals surface area contributed by atoms with E-state index in [9.17, 15) is 10.1 Å². The Morgan fingerprint density at radius 1 is 1.52 bits per heavy atom. The molecule has 0 aliphatic heterocycles. The smallest absolute Gasteiger partial charge is 0.358 e. The number of aromatic nitrogens is 4. The fourth-order valence-electron chi connectivity index (χ4n) is 2.25. The first-order valence-electron chi connectivity index (χ1n) is 6.42. The van der Waals surface area contributed by atoms with Crippen LogP contribution < -0.4 is 4.90 Å². The molecule has 3 rings (SSSR count). The molecule has 0 atom stereocenters. The van der Waals surface area contributed by atoms with Gasteiger partial charge in [0.2, 0.25) is 5.82 Å². The fourth-order valence-corrected chi connectivity index (χ4v) is 2.96. The van der Waals surface area contributed by atoms with Crippen LogP contribution in [0.2, 0.25) is 0 Å². The maximum Gasteiger partial charge on any atom is 0.373 e. The van der Waals surface area contributed by atoms with Gasteiger partial charge in [-0.15, -0.1) is 0 Å². The number of anilines is 1. The van der Waals surface area contributed by atoms with Gasteiger partial charge in [-0.3, -0.25) is 4.68 Å². The third-order valence-electron chi connectivity index (χ3n) is 3.21. The SMILES string of the molecule is CCN(Cc1cnn(C)c1)c1nc2sccn2c1[N+](=O)[O-]. The third-order valence-corrected chi connectivity index (χ3v) is 3.96. The monoisotopic (exact) mass is 306 g/mol. The van der Waals surface area contributed by atoms with E-state index in [4.69, 9.17) is 0 Å². The Morgan fingerprint density at radius 3 is 2.95 bits per heavy atom. The van der Waals surface area contributed by atoms with Crippen molar-refractivity contribution in [3.05, 3.63) is 39.6 Å². The lowest BCUT2D eigenvalue weighted by Crippen LogP contribution is -2.23. The van der Waals surface area contributed by atoms with E-state index in [0.717, 1.165) is 5.56 Å². The molecular weight excluding hydrogens is 292 g/mol. The molecule has 0 amide bonds. The van der Waals surface area contributed by atoms with E-state index in [2.05, 4.69) is 10.1 Å². The number of nitro groups is 1. The number of imidazole rings is 1. The molecule has 8 nitrogen and oxygen atoms in total. The summed E-state index contributed by atoms with van der Waals surface area (Å²) in [5.74, 6) is 0.412. The van der Waals surface area contributed by atoms with Crippen LogP contribution in [0.25, 0.3) is 4.96 Å². The standard InChI is InChI=1S/C12H14N6O2S/c1-3-16(8-9-6-13-15(2)7-9)10-11(18(19)20)17-4-5-21-12(17)14-10/h4-7H,3,8H2,1-2H3. The first kappa shape index (κ1) is 13.6. The van der Waals surface area contributed by atoms with Gasteiger partial charge in [-0.05, 0) is 11.8 Å². The molecule has 0 bridgehead atoms. The second kappa shape index (κ2) is 5.17. The molecule has 3 aromatic rings. The molecule has 9 heteroatoms. The van der Waals surface area contributed by atoms with E-state index >= 15 is 0 Å². The molecule has 0 aromatic carbocycles. The summed E-state index contributed by atoms with van der Waals surface area (Å²) in [6.07, 6.45) is 5.33. The predicted octanol–water partition coefficient (Wildman–Crippen LogP) is 2.06. The van der Waals surface area contributed by atoms with Crippen molar-refractivity contribution in [1.82, 2.24) is 19.2 Å². The van der Waals surface area contributed by atoms with Crippen LogP contribution in [0.1, 0.15) is 12.5 Å². The van der Waals surface area contributed by atoms with Crippen molar-refractivity contribution in [2.24, 2.45) is 7.05 Å². The summed E-state index contributed by atoms with van der Waals surface area (Å²) in [4.78, 5) is 17.9. The molecule has 3 aromatic heterocycles. The Kier molecular flexibility index (Phi) is 3.34. The van der Waals surface area contributed by atoms with Crippen LogP contribution in [0.4, 0.5) is 11.6 Å².